The molecule has 1 fully saturated rings. The van der Waals surface area contributed by atoms with Crippen LogP contribution in [0, 0.1) is 17.5 Å². The van der Waals surface area contributed by atoms with Crippen LogP contribution in [0.2, 0.25) is 0 Å². The van der Waals surface area contributed by atoms with E-state index in [-0.39, 0.29) is 42.5 Å². The molecule has 2 heterocycles. The van der Waals surface area contributed by atoms with Crippen LogP contribution < -0.4 is 0 Å². The first-order valence-electron chi connectivity index (χ1n) is 11.6. The fourth-order valence-electron chi connectivity index (χ4n) is 5.65. The molecular formula is C26H25F4N3O3. The van der Waals surface area contributed by atoms with E-state index in [2.05, 4.69) is 10.2 Å². The summed E-state index contributed by atoms with van der Waals surface area (Å²) in [5, 5.41) is 16.7. The molecule has 0 spiro atoms. The number of H-pyrrole nitrogens is 1. The van der Waals surface area contributed by atoms with Gasteiger partial charge in [0.15, 0.2) is 17.5 Å². The number of ether oxygens (including phenoxy) is 1. The third-order valence-electron chi connectivity index (χ3n) is 7.20. The van der Waals surface area contributed by atoms with E-state index in [4.69, 9.17) is 4.74 Å². The van der Waals surface area contributed by atoms with E-state index in [1.165, 1.54) is 19.4 Å². The summed E-state index contributed by atoms with van der Waals surface area (Å²) in [6.45, 7) is 3.88. The van der Waals surface area contributed by atoms with Crippen LogP contribution in [0.5, 0.6) is 0 Å². The molecule has 0 bridgehead atoms. The number of aromatic amines is 1. The number of benzene rings is 2. The van der Waals surface area contributed by atoms with Crippen molar-refractivity contribution in [1.29, 1.82) is 0 Å². The SMILES string of the molecule is COCC(C)(C)c1c([C@@H]2CC[C@@](F)(C(=O)O)C2)c2c(F)c3[nH]ncc3cc2n1-c1ccc(F)c(F)c1. The highest BCUT2D eigenvalue weighted by molar-refractivity contribution is 6.00. The number of carboxylic acids is 1. The van der Waals surface area contributed by atoms with Crippen LogP contribution in [0.15, 0.2) is 30.5 Å². The maximum absolute atomic E-state index is 16.1. The number of hydrogen-bond acceptors (Lipinski definition) is 3. The summed E-state index contributed by atoms with van der Waals surface area (Å²) < 4.78 is 66.7. The predicted octanol–water partition coefficient (Wildman–Crippen LogP) is 5.91. The Hall–Kier alpha value is -3.40. The van der Waals surface area contributed by atoms with E-state index in [0.29, 0.717) is 22.2 Å². The van der Waals surface area contributed by atoms with Crippen LogP contribution in [0.1, 0.15) is 50.3 Å². The normalized spacial score (nSPS) is 20.6. The highest BCUT2D eigenvalue weighted by Gasteiger charge is 2.49. The number of alkyl halides is 1. The molecular weight excluding hydrogens is 478 g/mol. The van der Waals surface area contributed by atoms with Gasteiger partial charge in [-0.25, -0.2) is 22.4 Å². The lowest BCUT2D eigenvalue weighted by Crippen LogP contribution is -2.31. The number of nitrogens with zero attached hydrogens (tertiary/aromatic N) is 2. The molecule has 2 aromatic heterocycles. The zero-order valence-corrected chi connectivity index (χ0v) is 20.0. The van der Waals surface area contributed by atoms with Crippen LogP contribution >= 0.6 is 0 Å². The highest BCUT2D eigenvalue weighted by atomic mass is 19.2. The molecule has 2 N–H and O–H groups in total. The largest absolute Gasteiger partial charge is 0.479 e. The minimum Gasteiger partial charge on any atom is -0.479 e. The zero-order valence-electron chi connectivity index (χ0n) is 20.0. The molecule has 10 heteroatoms. The first-order valence-corrected chi connectivity index (χ1v) is 11.6. The molecule has 190 valence electrons. The van der Waals surface area contributed by atoms with Crippen molar-refractivity contribution in [2.24, 2.45) is 0 Å². The van der Waals surface area contributed by atoms with E-state index in [1.54, 1.807) is 10.6 Å². The lowest BCUT2D eigenvalue weighted by atomic mass is 9.81. The van der Waals surface area contributed by atoms with Gasteiger partial charge in [-0.2, -0.15) is 5.10 Å². The molecule has 36 heavy (non-hydrogen) atoms. The molecule has 0 saturated heterocycles. The maximum atomic E-state index is 16.1. The summed E-state index contributed by atoms with van der Waals surface area (Å²) in [5.74, 6) is -4.93. The smallest absolute Gasteiger partial charge is 0.341 e. The highest BCUT2D eigenvalue weighted by Crippen LogP contribution is 2.51. The first-order chi connectivity index (χ1) is 17.0. The van der Waals surface area contributed by atoms with Crippen molar-refractivity contribution >= 4 is 27.8 Å². The minimum atomic E-state index is -2.45. The van der Waals surface area contributed by atoms with E-state index in [0.717, 1.165) is 12.1 Å². The number of carbonyl (C=O) groups is 1. The molecule has 1 saturated carbocycles. The number of aromatic nitrogens is 3. The summed E-state index contributed by atoms with van der Waals surface area (Å²) in [4.78, 5) is 11.7. The Morgan fingerprint density at radius 3 is 2.67 bits per heavy atom. The third kappa shape index (κ3) is 3.57. The van der Waals surface area contributed by atoms with Gasteiger partial charge in [0.25, 0.3) is 0 Å². The van der Waals surface area contributed by atoms with Gasteiger partial charge >= 0.3 is 5.97 Å². The Kier molecular flexibility index (Phi) is 5.62. The van der Waals surface area contributed by atoms with Crippen molar-refractivity contribution in [3.05, 3.63) is 59.2 Å². The summed E-state index contributed by atoms with van der Waals surface area (Å²) in [6.07, 6.45) is 1.07. The average molecular weight is 503 g/mol. The molecule has 0 radical (unpaired) electrons. The standard InChI is InChI=1S/C26H25F4N3O3/c1-25(2,12-36-3)23-19(13-6-7-26(30,10-13)24(34)35)20-18(8-14-11-31-32-22(14)21(20)29)33(23)15-4-5-16(27)17(28)9-15/h4-5,8-9,11,13H,6-7,10,12H2,1-3H3,(H,31,32)(H,34,35)/t13-,26+/m1/s1. The van der Waals surface area contributed by atoms with Crippen molar-refractivity contribution in [2.75, 3.05) is 13.7 Å². The lowest BCUT2D eigenvalue weighted by molar-refractivity contribution is -0.150. The monoisotopic (exact) mass is 503 g/mol. The topological polar surface area (TPSA) is 80.1 Å². The van der Waals surface area contributed by atoms with Crippen LogP contribution in [-0.2, 0) is 14.9 Å². The molecule has 2 atom stereocenters. The second kappa shape index (κ2) is 8.33. The summed E-state index contributed by atoms with van der Waals surface area (Å²) in [7, 11) is 1.51. The van der Waals surface area contributed by atoms with Gasteiger partial charge in [0.05, 0.1) is 18.3 Å². The number of hydrogen-bond donors (Lipinski definition) is 2. The van der Waals surface area contributed by atoms with Gasteiger partial charge in [0, 0.05) is 40.7 Å². The summed E-state index contributed by atoms with van der Waals surface area (Å²) in [6, 6.07) is 5.08. The molecule has 1 aliphatic carbocycles. The molecule has 5 rings (SSSR count). The number of rotatable bonds is 6. The second-order valence-electron chi connectivity index (χ2n) is 10.1. The third-order valence-corrected chi connectivity index (χ3v) is 7.20. The van der Waals surface area contributed by atoms with Gasteiger partial charge in [0.2, 0.25) is 5.67 Å². The van der Waals surface area contributed by atoms with Crippen molar-refractivity contribution in [2.45, 2.75) is 50.1 Å². The second-order valence-corrected chi connectivity index (χ2v) is 10.1. The number of methoxy groups -OCH3 is 1. The Labute approximate surface area is 203 Å². The van der Waals surface area contributed by atoms with E-state index < -0.39 is 40.4 Å². The zero-order chi connectivity index (χ0) is 26.0. The van der Waals surface area contributed by atoms with Gasteiger partial charge in [-0.1, -0.05) is 13.8 Å². The molecule has 0 aliphatic heterocycles. The van der Waals surface area contributed by atoms with Crippen LogP contribution in [0.3, 0.4) is 0 Å². The van der Waals surface area contributed by atoms with Gasteiger partial charge in [-0.15, -0.1) is 0 Å². The minimum absolute atomic E-state index is 0.144. The average Bonchev–Trinajstić information content (AvgIpc) is 3.52. The lowest BCUT2D eigenvalue weighted by Gasteiger charge is -2.29. The Balaban J connectivity index is 1.93. The number of aliphatic carboxylic acids is 1. The number of nitrogens with one attached hydrogen (secondary N) is 1. The van der Waals surface area contributed by atoms with Crippen molar-refractivity contribution in [3.8, 4) is 5.69 Å². The Bertz CT molecular complexity index is 1510. The molecule has 2 aromatic carbocycles. The maximum Gasteiger partial charge on any atom is 0.341 e. The summed E-state index contributed by atoms with van der Waals surface area (Å²) in [5.41, 5.74) is -1.56. The molecule has 0 unspecified atom stereocenters. The fourth-order valence-corrected chi connectivity index (χ4v) is 5.65. The number of fused-ring (bicyclic) bond motifs is 2. The quantitative estimate of drug-likeness (QED) is 0.321. The van der Waals surface area contributed by atoms with E-state index in [1.807, 2.05) is 13.8 Å². The van der Waals surface area contributed by atoms with Crippen LogP contribution in [0.25, 0.3) is 27.5 Å². The van der Waals surface area contributed by atoms with Gasteiger partial charge < -0.3 is 14.4 Å². The van der Waals surface area contributed by atoms with Crippen LogP contribution in [0.4, 0.5) is 17.6 Å². The van der Waals surface area contributed by atoms with Crippen molar-refractivity contribution < 1.29 is 32.2 Å². The molecule has 1 aliphatic rings. The molecule has 4 aromatic rings. The predicted molar refractivity (Wildman–Crippen MR) is 126 cm³/mol. The van der Waals surface area contributed by atoms with Gasteiger partial charge in [-0.3, -0.25) is 5.10 Å². The van der Waals surface area contributed by atoms with Crippen LogP contribution in [-0.4, -0.2) is 45.2 Å². The van der Waals surface area contributed by atoms with Gasteiger partial charge in [-0.05, 0) is 48.9 Å². The molecule has 0 amide bonds. The van der Waals surface area contributed by atoms with Crippen molar-refractivity contribution in [1.82, 2.24) is 14.8 Å². The van der Waals surface area contributed by atoms with E-state index in [9.17, 15) is 18.7 Å². The van der Waals surface area contributed by atoms with Gasteiger partial charge in [0.1, 0.15) is 5.52 Å². The number of carboxylic acid groups (broad SMARTS) is 1. The van der Waals surface area contributed by atoms with E-state index >= 15 is 8.78 Å². The van der Waals surface area contributed by atoms with Crippen molar-refractivity contribution in [3.63, 3.8) is 0 Å². The fraction of sp³-hybridized carbons (Fsp3) is 0.385. The number of halogens is 4. The molecule has 6 nitrogen and oxygen atoms in total. The Morgan fingerprint density at radius 1 is 1.28 bits per heavy atom. The Morgan fingerprint density at radius 2 is 2.03 bits per heavy atom. The first kappa shape index (κ1) is 24.3. The summed E-state index contributed by atoms with van der Waals surface area (Å²) >= 11 is 0.